The Morgan fingerprint density at radius 2 is 2.00 bits per heavy atom. The second kappa shape index (κ2) is 7.07. The van der Waals surface area contributed by atoms with E-state index in [1.165, 1.54) is 10.5 Å². The number of amides is 1. The fourth-order valence-electron chi connectivity index (χ4n) is 1.58. The average Bonchev–Trinajstić information content (AvgIpc) is 2.29. The van der Waals surface area contributed by atoms with Gasteiger partial charge in [-0.15, -0.1) is 11.8 Å². The molecule has 17 heavy (non-hydrogen) atoms. The molecule has 4 heteroatoms. The average molecular weight is 316 g/mol. The van der Waals surface area contributed by atoms with Crippen molar-refractivity contribution in [3.05, 3.63) is 28.2 Å². The maximum absolute atomic E-state index is 11.9. The van der Waals surface area contributed by atoms with Crippen LogP contribution < -0.4 is 0 Å². The number of halogens is 1. The number of carbonyl (C=O) groups is 1. The maximum atomic E-state index is 11.9. The van der Waals surface area contributed by atoms with Crippen LogP contribution in [0.1, 0.15) is 19.4 Å². The third-order valence-electron chi connectivity index (χ3n) is 2.60. The predicted octanol–water partition coefficient (Wildman–Crippen LogP) is 3.72. The van der Waals surface area contributed by atoms with Gasteiger partial charge in [0.1, 0.15) is 0 Å². The molecular weight excluding hydrogens is 298 g/mol. The molecule has 0 heterocycles. The van der Waals surface area contributed by atoms with Crippen LogP contribution in [0, 0.1) is 6.92 Å². The molecule has 0 unspecified atom stereocenters. The van der Waals surface area contributed by atoms with Crippen molar-refractivity contribution in [1.82, 2.24) is 4.90 Å². The van der Waals surface area contributed by atoms with E-state index < -0.39 is 0 Å². The molecule has 1 aromatic carbocycles. The van der Waals surface area contributed by atoms with Gasteiger partial charge in [-0.05, 0) is 44.5 Å². The fourth-order valence-corrected chi connectivity index (χ4v) is 2.97. The minimum absolute atomic E-state index is 0.210. The first kappa shape index (κ1) is 14.6. The van der Waals surface area contributed by atoms with Gasteiger partial charge >= 0.3 is 0 Å². The molecule has 0 aliphatic heterocycles. The third-order valence-corrected chi connectivity index (χ3v) is 4.26. The van der Waals surface area contributed by atoms with Gasteiger partial charge in [-0.3, -0.25) is 4.79 Å². The van der Waals surface area contributed by atoms with Crippen molar-refractivity contribution in [2.24, 2.45) is 0 Å². The Balaban J connectivity index is 2.58. The van der Waals surface area contributed by atoms with Gasteiger partial charge in [-0.2, -0.15) is 0 Å². The van der Waals surface area contributed by atoms with Gasteiger partial charge in [-0.25, -0.2) is 0 Å². The van der Waals surface area contributed by atoms with Gasteiger partial charge in [0.25, 0.3) is 0 Å². The molecule has 1 amide bonds. The van der Waals surface area contributed by atoms with Crippen molar-refractivity contribution in [2.45, 2.75) is 25.7 Å². The number of hydrogen-bond acceptors (Lipinski definition) is 2. The van der Waals surface area contributed by atoms with Gasteiger partial charge < -0.3 is 4.90 Å². The van der Waals surface area contributed by atoms with E-state index in [2.05, 4.69) is 35.0 Å². The van der Waals surface area contributed by atoms with Crippen LogP contribution in [-0.4, -0.2) is 29.6 Å². The van der Waals surface area contributed by atoms with E-state index in [0.29, 0.717) is 5.75 Å². The predicted molar refractivity (Wildman–Crippen MR) is 77.5 cm³/mol. The SMILES string of the molecule is CCN(CC)C(=O)CSc1ccc(Br)cc1C. The lowest BCUT2D eigenvalue weighted by atomic mass is 10.2. The Morgan fingerprint density at radius 3 is 2.53 bits per heavy atom. The Bertz CT molecular complexity index is 391. The normalized spacial score (nSPS) is 10.4. The number of hydrogen-bond donors (Lipinski definition) is 0. The van der Waals surface area contributed by atoms with E-state index in [1.807, 2.05) is 24.8 Å². The molecule has 0 atom stereocenters. The van der Waals surface area contributed by atoms with Gasteiger partial charge in [0, 0.05) is 22.5 Å². The lowest BCUT2D eigenvalue weighted by molar-refractivity contribution is -0.127. The molecule has 0 N–H and O–H groups in total. The Kier molecular flexibility index (Phi) is 6.06. The van der Waals surface area contributed by atoms with Gasteiger partial charge in [0.15, 0.2) is 0 Å². The van der Waals surface area contributed by atoms with Crippen molar-refractivity contribution in [1.29, 1.82) is 0 Å². The summed E-state index contributed by atoms with van der Waals surface area (Å²) in [6, 6.07) is 6.14. The first-order chi connectivity index (χ1) is 8.08. The number of thioether (sulfide) groups is 1. The summed E-state index contributed by atoms with van der Waals surface area (Å²) in [6.45, 7) is 7.66. The Labute approximate surface area is 116 Å². The Morgan fingerprint density at radius 1 is 1.35 bits per heavy atom. The van der Waals surface area contributed by atoms with Crippen LogP contribution in [0.3, 0.4) is 0 Å². The molecule has 94 valence electrons. The molecule has 0 aliphatic rings. The summed E-state index contributed by atoms with van der Waals surface area (Å²) in [5, 5.41) is 0. The molecule has 2 nitrogen and oxygen atoms in total. The van der Waals surface area contributed by atoms with E-state index in [9.17, 15) is 4.79 Å². The van der Waals surface area contributed by atoms with E-state index in [4.69, 9.17) is 0 Å². The fraction of sp³-hybridized carbons (Fsp3) is 0.462. The number of carbonyl (C=O) groups excluding carboxylic acids is 1. The molecular formula is C13H18BrNOS. The quantitative estimate of drug-likeness (QED) is 0.772. The zero-order valence-corrected chi connectivity index (χ0v) is 12.9. The second-order valence-corrected chi connectivity index (χ2v) is 5.70. The zero-order chi connectivity index (χ0) is 12.8. The minimum atomic E-state index is 0.210. The highest BCUT2D eigenvalue weighted by Crippen LogP contribution is 2.25. The second-order valence-electron chi connectivity index (χ2n) is 3.76. The summed E-state index contributed by atoms with van der Waals surface area (Å²) in [5.74, 6) is 0.728. The van der Waals surface area contributed by atoms with Crippen LogP contribution in [0.5, 0.6) is 0 Å². The van der Waals surface area contributed by atoms with Crippen LogP contribution in [0.15, 0.2) is 27.6 Å². The number of aryl methyl sites for hydroxylation is 1. The third kappa shape index (κ3) is 4.36. The van der Waals surface area contributed by atoms with Gasteiger partial charge in [0.05, 0.1) is 5.75 Å². The summed E-state index contributed by atoms with van der Waals surface area (Å²) in [6.07, 6.45) is 0. The topological polar surface area (TPSA) is 20.3 Å². The summed E-state index contributed by atoms with van der Waals surface area (Å²) in [4.78, 5) is 14.9. The molecule has 0 saturated heterocycles. The molecule has 0 aliphatic carbocycles. The van der Waals surface area contributed by atoms with Crippen LogP contribution in [0.25, 0.3) is 0 Å². The molecule has 0 fully saturated rings. The van der Waals surface area contributed by atoms with E-state index >= 15 is 0 Å². The highest BCUT2D eigenvalue weighted by molar-refractivity contribution is 9.10. The first-order valence-corrected chi connectivity index (χ1v) is 7.53. The van der Waals surface area contributed by atoms with E-state index in [0.717, 1.165) is 17.6 Å². The molecule has 0 spiro atoms. The molecule has 1 aromatic rings. The van der Waals surface area contributed by atoms with Gasteiger partial charge in [0.2, 0.25) is 5.91 Å². The largest absolute Gasteiger partial charge is 0.343 e. The standard InChI is InChI=1S/C13H18BrNOS/c1-4-15(5-2)13(16)9-17-12-7-6-11(14)8-10(12)3/h6-8H,4-5,9H2,1-3H3. The zero-order valence-electron chi connectivity index (χ0n) is 10.5. The van der Waals surface area contributed by atoms with Crippen LogP contribution >= 0.6 is 27.7 Å². The summed E-state index contributed by atoms with van der Waals surface area (Å²) in [5.41, 5.74) is 1.21. The van der Waals surface area contributed by atoms with Crippen molar-refractivity contribution in [3.8, 4) is 0 Å². The van der Waals surface area contributed by atoms with Gasteiger partial charge in [-0.1, -0.05) is 15.9 Å². The summed E-state index contributed by atoms with van der Waals surface area (Å²) in [7, 11) is 0. The lowest BCUT2D eigenvalue weighted by Gasteiger charge is -2.18. The maximum Gasteiger partial charge on any atom is 0.232 e. The van der Waals surface area contributed by atoms with Crippen molar-refractivity contribution >= 4 is 33.6 Å². The number of benzene rings is 1. The van der Waals surface area contributed by atoms with Crippen LogP contribution in [-0.2, 0) is 4.79 Å². The minimum Gasteiger partial charge on any atom is -0.343 e. The Hall–Kier alpha value is -0.480. The van der Waals surface area contributed by atoms with Crippen LogP contribution in [0.4, 0.5) is 0 Å². The van der Waals surface area contributed by atoms with Crippen molar-refractivity contribution in [3.63, 3.8) is 0 Å². The van der Waals surface area contributed by atoms with Crippen molar-refractivity contribution < 1.29 is 4.79 Å². The smallest absolute Gasteiger partial charge is 0.232 e. The molecule has 0 bridgehead atoms. The summed E-state index contributed by atoms with van der Waals surface area (Å²) >= 11 is 5.05. The van der Waals surface area contributed by atoms with E-state index in [1.54, 1.807) is 11.8 Å². The number of rotatable bonds is 5. The monoisotopic (exact) mass is 315 g/mol. The molecule has 0 saturated carbocycles. The lowest BCUT2D eigenvalue weighted by Crippen LogP contribution is -2.31. The molecule has 1 rings (SSSR count). The molecule has 0 aromatic heterocycles. The van der Waals surface area contributed by atoms with Crippen molar-refractivity contribution in [2.75, 3.05) is 18.8 Å². The highest BCUT2D eigenvalue weighted by atomic mass is 79.9. The van der Waals surface area contributed by atoms with Crippen LogP contribution in [0.2, 0.25) is 0 Å². The van der Waals surface area contributed by atoms with E-state index in [-0.39, 0.29) is 5.91 Å². The molecule has 0 radical (unpaired) electrons. The number of nitrogens with zero attached hydrogens (tertiary/aromatic N) is 1. The first-order valence-electron chi connectivity index (χ1n) is 5.75. The summed E-state index contributed by atoms with van der Waals surface area (Å²) < 4.78 is 1.08. The highest BCUT2D eigenvalue weighted by Gasteiger charge is 2.10.